The minimum atomic E-state index is -0.777. The SMILES string of the molecule is Cc1cccc([N+](=O)[O-])c1-c1nc(C(N)CO)no1. The number of benzene rings is 1. The molecule has 2 aromatic rings. The van der Waals surface area contributed by atoms with Gasteiger partial charge in [0.2, 0.25) is 0 Å². The predicted molar refractivity (Wildman–Crippen MR) is 65.1 cm³/mol. The van der Waals surface area contributed by atoms with Crippen molar-refractivity contribution >= 4 is 5.69 Å². The molecule has 1 heterocycles. The van der Waals surface area contributed by atoms with Crippen LogP contribution in [-0.2, 0) is 0 Å². The van der Waals surface area contributed by atoms with Crippen LogP contribution in [0.25, 0.3) is 11.5 Å². The predicted octanol–water partition coefficient (Wildman–Crippen LogP) is 0.945. The Morgan fingerprint density at radius 3 is 2.95 bits per heavy atom. The number of aliphatic hydroxyl groups is 1. The zero-order chi connectivity index (χ0) is 14.0. The van der Waals surface area contributed by atoms with E-state index >= 15 is 0 Å². The summed E-state index contributed by atoms with van der Waals surface area (Å²) >= 11 is 0. The summed E-state index contributed by atoms with van der Waals surface area (Å²) in [6.45, 7) is 1.37. The van der Waals surface area contributed by atoms with E-state index in [2.05, 4.69) is 10.1 Å². The van der Waals surface area contributed by atoms with Gasteiger partial charge in [0.15, 0.2) is 5.82 Å². The number of nitro groups is 1. The topological polar surface area (TPSA) is 128 Å². The summed E-state index contributed by atoms with van der Waals surface area (Å²) in [5.41, 5.74) is 6.34. The van der Waals surface area contributed by atoms with Crippen molar-refractivity contribution in [2.45, 2.75) is 13.0 Å². The lowest BCUT2D eigenvalue weighted by atomic mass is 10.1. The van der Waals surface area contributed by atoms with Crippen LogP contribution in [0.5, 0.6) is 0 Å². The second-order valence-electron chi connectivity index (χ2n) is 3.97. The third-order valence-corrected chi connectivity index (χ3v) is 2.63. The van der Waals surface area contributed by atoms with Crippen molar-refractivity contribution in [1.29, 1.82) is 0 Å². The van der Waals surface area contributed by atoms with Gasteiger partial charge in [-0.25, -0.2) is 0 Å². The molecule has 0 bridgehead atoms. The molecule has 0 aliphatic rings. The van der Waals surface area contributed by atoms with E-state index in [4.69, 9.17) is 15.4 Å². The van der Waals surface area contributed by atoms with E-state index in [1.165, 1.54) is 6.07 Å². The molecule has 8 nitrogen and oxygen atoms in total. The number of rotatable bonds is 4. The van der Waals surface area contributed by atoms with E-state index in [-0.39, 0.29) is 29.6 Å². The highest BCUT2D eigenvalue weighted by Crippen LogP contribution is 2.31. The highest BCUT2D eigenvalue weighted by Gasteiger charge is 2.23. The van der Waals surface area contributed by atoms with Gasteiger partial charge >= 0.3 is 0 Å². The highest BCUT2D eigenvalue weighted by molar-refractivity contribution is 5.70. The van der Waals surface area contributed by atoms with Gasteiger partial charge in [-0.15, -0.1) is 0 Å². The summed E-state index contributed by atoms with van der Waals surface area (Å²) in [7, 11) is 0. The van der Waals surface area contributed by atoms with Crippen molar-refractivity contribution < 1.29 is 14.6 Å². The average molecular weight is 264 g/mol. The van der Waals surface area contributed by atoms with Crippen molar-refractivity contribution in [3.05, 3.63) is 39.7 Å². The maximum Gasteiger partial charge on any atom is 0.282 e. The maximum atomic E-state index is 11.0. The summed E-state index contributed by atoms with van der Waals surface area (Å²) in [6.07, 6.45) is 0. The van der Waals surface area contributed by atoms with Crippen LogP contribution in [0.4, 0.5) is 5.69 Å². The Morgan fingerprint density at radius 1 is 1.58 bits per heavy atom. The van der Waals surface area contributed by atoms with E-state index < -0.39 is 11.0 Å². The smallest absolute Gasteiger partial charge is 0.282 e. The zero-order valence-electron chi connectivity index (χ0n) is 10.1. The summed E-state index contributed by atoms with van der Waals surface area (Å²) in [5.74, 6) is 0.124. The molecule has 1 aromatic heterocycles. The molecular weight excluding hydrogens is 252 g/mol. The van der Waals surface area contributed by atoms with Gasteiger partial charge in [-0.2, -0.15) is 4.98 Å². The number of hydrogen-bond donors (Lipinski definition) is 2. The number of aryl methyl sites for hydroxylation is 1. The van der Waals surface area contributed by atoms with Gasteiger partial charge in [-0.1, -0.05) is 17.3 Å². The van der Waals surface area contributed by atoms with Crippen LogP contribution < -0.4 is 5.73 Å². The fourth-order valence-electron chi connectivity index (χ4n) is 1.65. The fraction of sp³-hybridized carbons (Fsp3) is 0.273. The minimum absolute atomic E-state index is 0.0173. The Kier molecular flexibility index (Phi) is 3.54. The van der Waals surface area contributed by atoms with Gasteiger partial charge in [0, 0.05) is 6.07 Å². The third-order valence-electron chi connectivity index (χ3n) is 2.63. The van der Waals surface area contributed by atoms with E-state index in [0.717, 1.165) is 0 Å². The molecule has 0 fully saturated rings. The van der Waals surface area contributed by atoms with Gasteiger partial charge in [-0.3, -0.25) is 10.1 Å². The van der Waals surface area contributed by atoms with Crippen molar-refractivity contribution in [3.63, 3.8) is 0 Å². The maximum absolute atomic E-state index is 11.0. The van der Waals surface area contributed by atoms with E-state index in [1.807, 2.05) is 0 Å². The van der Waals surface area contributed by atoms with Crippen molar-refractivity contribution in [3.8, 4) is 11.5 Å². The molecule has 8 heteroatoms. The standard InChI is InChI=1S/C11H12N4O4/c1-6-3-2-4-8(15(17)18)9(6)11-13-10(14-19-11)7(12)5-16/h2-4,7,16H,5,12H2,1H3. The zero-order valence-corrected chi connectivity index (χ0v) is 10.1. The number of nitrogens with two attached hydrogens (primary N) is 1. The van der Waals surface area contributed by atoms with Crippen LogP contribution in [0.1, 0.15) is 17.4 Å². The second-order valence-corrected chi connectivity index (χ2v) is 3.97. The number of hydrogen-bond acceptors (Lipinski definition) is 7. The first-order valence-electron chi connectivity index (χ1n) is 5.49. The first kappa shape index (κ1) is 13.1. The van der Waals surface area contributed by atoms with Crippen molar-refractivity contribution in [1.82, 2.24) is 10.1 Å². The molecule has 0 saturated heterocycles. The fourth-order valence-corrected chi connectivity index (χ4v) is 1.65. The number of aliphatic hydroxyl groups excluding tert-OH is 1. The number of nitro benzene ring substituents is 1. The molecule has 0 saturated carbocycles. The molecule has 0 spiro atoms. The summed E-state index contributed by atoms with van der Waals surface area (Å²) in [6, 6.07) is 3.87. The lowest BCUT2D eigenvalue weighted by Crippen LogP contribution is -2.15. The number of aromatic nitrogens is 2. The quantitative estimate of drug-likeness (QED) is 0.621. The van der Waals surface area contributed by atoms with Crippen LogP contribution >= 0.6 is 0 Å². The van der Waals surface area contributed by atoms with Crippen molar-refractivity contribution in [2.24, 2.45) is 5.73 Å². The van der Waals surface area contributed by atoms with E-state index in [1.54, 1.807) is 19.1 Å². The van der Waals surface area contributed by atoms with E-state index in [0.29, 0.717) is 5.56 Å². The molecule has 3 N–H and O–H groups in total. The van der Waals surface area contributed by atoms with Crippen LogP contribution in [0.3, 0.4) is 0 Å². The Bertz CT molecular complexity index is 610. The molecule has 19 heavy (non-hydrogen) atoms. The molecular formula is C11H12N4O4. The summed E-state index contributed by atoms with van der Waals surface area (Å²) in [4.78, 5) is 14.5. The molecule has 0 radical (unpaired) electrons. The Labute approximate surface area is 108 Å². The normalized spacial score (nSPS) is 12.4. The highest BCUT2D eigenvalue weighted by atomic mass is 16.6. The first-order valence-corrected chi connectivity index (χ1v) is 5.49. The lowest BCUT2D eigenvalue weighted by molar-refractivity contribution is -0.384. The molecule has 0 aliphatic heterocycles. The van der Waals surface area contributed by atoms with Gasteiger partial charge < -0.3 is 15.4 Å². The van der Waals surface area contributed by atoms with Gasteiger partial charge in [0.1, 0.15) is 5.56 Å². The monoisotopic (exact) mass is 264 g/mol. The Balaban J connectivity index is 2.53. The van der Waals surface area contributed by atoms with Crippen LogP contribution in [0, 0.1) is 17.0 Å². The van der Waals surface area contributed by atoms with Gasteiger partial charge in [-0.05, 0) is 12.5 Å². The first-order chi connectivity index (χ1) is 9.04. The lowest BCUT2D eigenvalue weighted by Gasteiger charge is -2.01. The summed E-state index contributed by atoms with van der Waals surface area (Å²) in [5, 5.41) is 23.5. The molecule has 1 aromatic carbocycles. The minimum Gasteiger partial charge on any atom is -0.394 e. The van der Waals surface area contributed by atoms with Gasteiger partial charge in [0.25, 0.3) is 11.6 Å². The Hall–Kier alpha value is -2.32. The Morgan fingerprint density at radius 2 is 2.32 bits per heavy atom. The molecule has 1 atom stereocenters. The van der Waals surface area contributed by atoms with Crippen molar-refractivity contribution in [2.75, 3.05) is 6.61 Å². The van der Waals surface area contributed by atoms with Crippen LogP contribution in [0.15, 0.2) is 22.7 Å². The molecule has 2 rings (SSSR count). The molecule has 1 unspecified atom stereocenters. The third kappa shape index (κ3) is 2.44. The molecule has 0 aliphatic carbocycles. The molecule has 0 amide bonds. The second kappa shape index (κ2) is 5.12. The van der Waals surface area contributed by atoms with E-state index in [9.17, 15) is 10.1 Å². The summed E-state index contributed by atoms with van der Waals surface area (Å²) < 4.78 is 4.99. The number of nitrogens with zero attached hydrogens (tertiary/aromatic N) is 3. The average Bonchev–Trinajstić information content (AvgIpc) is 2.86. The molecule has 100 valence electrons. The van der Waals surface area contributed by atoms with Gasteiger partial charge in [0.05, 0.1) is 17.6 Å². The largest absolute Gasteiger partial charge is 0.394 e. The van der Waals surface area contributed by atoms with Crippen LogP contribution in [-0.4, -0.2) is 26.8 Å². The van der Waals surface area contributed by atoms with Crippen LogP contribution in [0.2, 0.25) is 0 Å².